The van der Waals surface area contributed by atoms with Crippen LogP contribution in [0.15, 0.2) is 12.1 Å². The molecule has 15 heavy (non-hydrogen) atoms. The Morgan fingerprint density at radius 3 is 2.60 bits per heavy atom. The molecule has 0 N–H and O–H groups in total. The Labute approximate surface area is 96.1 Å². The minimum Gasteiger partial charge on any atom is -0.298 e. The molecule has 0 aliphatic carbocycles. The predicted octanol–water partition coefficient (Wildman–Crippen LogP) is 3.05. The van der Waals surface area contributed by atoms with E-state index in [0.717, 1.165) is 26.1 Å². The third kappa shape index (κ3) is 4.03. The van der Waals surface area contributed by atoms with E-state index >= 15 is 0 Å². The summed E-state index contributed by atoms with van der Waals surface area (Å²) in [7, 11) is 0. The summed E-state index contributed by atoms with van der Waals surface area (Å²) < 4.78 is 0. The average molecular weight is 222 g/mol. The first-order valence-corrected chi connectivity index (χ1v) is 6.28. The molecule has 1 aromatic heterocycles. The van der Waals surface area contributed by atoms with Gasteiger partial charge in [0.2, 0.25) is 0 Å². The zero-order chi connectivity index (χ0) is 11.1. The highest BCUT2D eigenvalue weighted by Crippen LogP contribution is 2.18. The van der Waals surface area contributed by atoms with Gasteiger partial charge in [0.25, 0.3) is 0 Å². The van der Waals surface area contributed by atoms with Crippen molar-refractivity contribution in [1.82, 2.24) is 4.90 Å². The van der Waals surface area contributed by atoms with Crippen molar-refractivity contribution in [3.8, 4) is 6.07 Å². The minimum absolute atomic E-state index is 0.625. The first-order valence-electron chi connectivity index (χ1n) is 5.47. The van der Waals surface area contributed by atoms with Gasteiger partial charge < -0.3 is 0 Å². The van der Waals surface area contributed by atoms with Crippen molar-refractivity contribution in [3.05, 3.63) is 21.9 Å². The van der Waals surface area contributed by atoms with E-state index in [-0.39, 0.29) is 0 Å². The molecule has 2 nitrogen and oxygen atoms in total. The molecule has 0 saturated carbocycles. The molecule has 0 spiro atoms. The highest BCUT2D eigenvalue weighted by Gasteiger charge is 2.05. The lowest BCUT2D eigenvalue weighted by Crippen LogP contribution is -2.23. The van der Waals surface area contributed by atoms with E-state index in [1.807, 2.05) is 11.3 Å². The molecule has 0 atom stereocenters. The van der Waals surface area contributed by atoms with Crippen LogP contribution in [0.5, 0.6) is 0 Å². The second-order valence-electron chi connectivity index (χ2n) is 3.50. The topological polar surface area (TPSA) is 27.0 Å². The van der Waals surface area contributed by atoms with Crippen molar-refractivity contribution in [1.29, 1.82) is 5.26 Å². The van der Waals surface area contributed by atoms with Crippen LogP contribution in [-0.2, 0) is 13.0 Å². The van der Waals surface area contributed by atoms with Gasteiger partial charge in [-0.15, -0.1) is 11.3 Å². The second-order valence-corrected chi connectivity index (χ2v) is 4.75. The first-order chi connectivity index (χ1) is 7.30. The van der Waals surface area contributed by atoms with Crippen molar-refractivity contribution >= 4 is 11.3 Å². The molecule has 0 aromatic carbocycles. The van der Waals surface area contributed by atoms with Gasteiger partial charge in [0.15, 0.2) is 0 Å². The van der Waals surface area contributed by atoms with Gasteiger partial charge in [-0.3, -0.25) is 4.90 Å². The molecule has 0 aliphatic heterocycles. The van der Waals surface area contributed by atoms with E-state index in [1.54, 1.807) is 0 Å². The summed E-state index contributed by atoms with van der Waals surface area (Å²) in [5.41, 5.74) is 0. The lowest BCUT2D eigenvalue weighted by Gasteiger charge is -2.17. The molecule has 0 fully saturated rings. The van der Waals surface area contributed by atoms with Crippen molar-refractivity contribution in [3.63, 3.8) is 0 Å². The smallest absolute Gasteiger partial charge is 0.0635 e. The molecule has 0 amide bonds. The zero-order valence-corrected chi connectivity index (χ0v) is 10.3. The van der Waals surface area contributed by atoms with Crippen molar-refractivity contribution in [2.75, 3.05) is 13.1 Å². The number of hydrogen-bond donors (Lipinski definition) is 0. The maximum atomic E-state index is 8.54. The van der Waals surface area contributed by atoms with Gasteiger partial charge in [-0.05, 0) is 25.1 Å². The number of rotatable bonds is 6. The maximum absolute atomic E-state index is 8.54. The molecule has 1 heterocycles. The van der Waals surface area contributed by atoms with Crippen LogP contribution in [0, 0.1) is 11.3 Å². The van der Waals surface area contributed by atoms with Crippen LogP contribution in [0.2, 0.25) is 0 Å². The molecule has 82 valence electrons. The summed E-state index contributed by atoms with van der Waals surface area (Å²) in [5.74, 6) is 0. The Bertz CT molecular complexity index is 325. The molecule has 0 aliphatic rings. The van der Waals surface area contributed by atoms with E-state index < -0.39 is 0 Å². The SMILES string of the molecule is CCc1ccc(CN(CC)CCC#N)s1. The Kier molecular flexibility index (Phi) is 5.38. The van der Waals surface area contributed by atoms with Crippen LogP contribution in [0.3, 0.4) is 0 Å². The minimum atomic E-state index is 0.625. The third-order valence-electron chi connectivity index (χ3n) is 2.43. The largest absolute Gasteiger partial charge is 0.298 e. The average Bonchev–Trinajstić information content (AvgIpc) is 2.71. The van der Waals surface area contributed by atoms with Crippen molar-refractivity contribution < 1.29 is 0 Å². The maximum Gasteiger partial charge on any atom is 0.0635 e. The van der Waals surface area contributed by atoms with Gasteiger partial charge in [0.05, 0.1) is 6.07 Å². The van der Waals surface area contributed by atoms with E-state index in [2.05, 4.69) is 36.9 Å². The normalized spacial score (nSPS) is 10.5. The third-order valence-corrected chi connectivity index (χ3v) is 3.65. The molecule has 3 heteroatoms. The van der Waals surface area contributed by atoms with E-state index in [0.29, 0.717) is 6.42 Å². The fourth-order valence-corrected chi connectivity index (χ4v) is 2.48. The zero-order valence-electron chi connectivity index (χ0n) is 9.49. The second kappa shape index (κ2) is 6.60. The van der Waals surface area contributed by atoms with Crippen LogP contribution in [0.25, 0.3) is 0 Å². The molecule has 0 radical (unpaired) electrons. The van der Waals surface area contributed by atoms with Crippen LogP contribution >= 0.6 is 11.3 Å². The number of hydrogen-bond acceptors (Lipinski definition) is 3. The number of aryl methyl sites for hydroxylation is 1. The van der Waals surface area contributed by atoms with E-state index in [9.17, 15) is 0 Å². The molecule has 1 rings (SSSR count). The summed E-state index contributed by atoms with van der Waals surface area (Å²) in [4.78, 5) is 5.17. The summed E-state index contributed by atoms with van der Waals surface area (Å²) in [6, 6.07) is 6.61. The van der Waals surface area contributed by atoms with E-state index in [1.165, 1.54) is 9.75 Å². The standard InChI is InChI=1S/C12H18N2S/c1-3-11-6-7-12(15-11)10-14(4-2)9-5-8-13/h6-7H,3-5,9-10H2,1-2H3. The summed E-state index contributed by atoms with van der Waals surface area (Å²) in [6.07, 6.45) is 1.74. The van der Waals surface area contributed by atoms with Gasteiger partial charge in [-0.25, -0.2) is 0 Å². The monoisotopic (exact) mass is 222 g/mol. The first kappa shape index (κ1) is 12.2. The summed E-state index contributed by atoms with van der Waals surface area (Å²) in [5, 5.41) is 8.54. The van der Waals surface area contributed by atoms with Gasteiger partial charge in [0.1, 0.15) is 0 Å². The van der Waals surface area contributed by atoms with Crippen LogP contribution in [0.4, 0.5) is 0 Å². The van der Waals surface area contributed by atoms with Crippen LogP contribution < -0.4 is 0 Å². The quantitative estimate of drug-likeness (QED) is 0.739. The molecule has 0 bridgehead atoms. The van der Waals surface area contributed by atoms with Gasteiger partial charge >= 0.3 is 0 Å². The lowest BCUT2D eigenvalue weighted by molar-refractivity contribution is 0.289. The van der Waals surface area contributed by atoms with Gasteiger partial charge in [0, 0.05) is 29.3 Å². The molecule has 1 aromatic rings. The van der Waals surface area contributed by atoms with Gasteiger partial charge in [-0.1, -0.05) is 13.8 Å². The summed E-state index contributed by atoms with van der Waals surface area (Å²) in [6.45, 7) is 7.21. The number of nitriles is 1. The number of thiophene rings is 1. The Morgan fingerprint density at radius 1 is 1.33 bits per heavy atom. The van der Waals surface area contributed by atoms with E-state index in [4.69, 9.17) is 5.26 Å². The van der Waals surface area contributed by atoms with Gasteiger partial charge in [-0.2, -0.15) is 5.26 Å². The lowest BCUT2D eigenvalue weighted by atomic mass is 10.3. The van der Waals surface area contributed by atoms with Crippen LogP contribution in [-0.4, -0.2) is 18.0 Å². The Morgan fingerprint density at radius 2 is 2.07 bits per heavy atom. The highest BCUT2D eigenvalue weighted by atomic mass is 32.1. The highest BCUT2D eigenvalue weighted by molar-refractivity contribution is 7.11. The molecular formula is C12H18N2S. The Balaban J connectivity index is 2.47. The molecule has 0 unspecified atom stereocenters. The van der Waals surface area contributed by atoms with Crippen molar-refractivity contribution in [2.45, 2.75) is 33.2 Å². The summed E-state index contributed by atoms with van der Waals surface area (Å²) >= 11 is 1.89. The molecular weight excluding hydrogens is 204 g/mol. The Hall–Kier alpha value is -0.850. The van der Waals surface area contributed by atoms with Crippen LogP contribution in [0.1, 0.15) is 30.0 Å². The predicted molar refractivity (Wildman–Crippen MR) is 64.9 cm³/mol. The van der Waals surface area contributed by atoms with Crippen molar-refractivity contribution in [2.24, 2.45) is 0 Å². The fourth-order valence-electron chi connectivity index (χ4n) is 1.47. The molecule has 0 saturated heterocycles. The fraction of sp³-hybridized carbons (Fsp3) is 0.583. The number of nitrogens with zero attached hydrogens (tertiary/aromatic N) is 2.